The van der Waals surface area contributed by atoms with E-state index in [9.17, 15) is 15.2 Å². The number of hydrogen-bond donors (Lipinski definition) is 1. The molecule has 1 fully saturated rings. The van der Waals surface area contributed by atoms with Gasteiger partial charge in [-0.2, -0.15) is 4.68 Å². The summed E-state index contributed by atoms with van der Waals surface area (Å²) in [5.41, 5.74) is 0. The molecule has 0 saturated heterocycles. The fourth-order valence-corrected chi connectivity index (χ4v) is 2.01. The second kappa shape index (κ2) is 3.98. The summed E-state index contributed by atoms with van der Waals surface area (Å²) in [4.78, 5) is 9.92. The Morgan fingerprint density at radius 1 is 1.53 bits per heavy atom. The zero-order chi connectivity index (χ0) is 10.8. The van der Waals surface area contributed by atoms with Crippen LogP contribution in [0.25, 0.3) is 0 Å². The molecule has 0 bridgehead atoms. The van der Waals surface area contributed by atoms with Crippen LogP contribution in [0.3, 0.4) is 0 Å². The van der Waals surface area contributed by atoms with Crippen molar-refractivity contribution in [2.75, 3.05) is 0 Å². The maximum atomic E-state index is 10.4. The second-order valence-electron chi connectivity index (χ2n) is 3.83. The Labute approximate surface area is 86.7 Å². The molecule has 1 heterocycles. The Morgan fingerprint density at radius 2 is 2.27 bits per heavy atom. The van der Waals surface area contributed by atoms with Crippen molar-refractivity contribution in [1.29, 1.82) is 0 Å². The predicted molar refractivity (Wildman–Crippen MR) is 52.4 cm³/mol. The first-order valence-corrected chi connectivity index (χ1v) is 5.06. The molecular formula is C9H13N3O3. The average Bonchev–Trinajstić information content (AvgIpc) is 2.67. The van der Waals surface area contributed by atoms with Crippen molar-refractivity contribution in [3.63, 3.8) is 0 Å². The van der Waals surface area contributed by atoms with E-state index in [1.807, 2.05) is 0 Å². The van der Waals surface area contributed by atoms with Gasteiger partial charge in [-0.15, -0.1) is 0 Å². The summed E-state index contributed by atoms with van der Waals surface area (Å²) in [5.74, 6) is -0.159. The van der Waals surface area contributed by atoms with Gasteiger partial charge in [0.25, 0.3) is 0 Å². The minimum Gasteiger partial charge on any atom is -0.391 e. The zero-order valence-electron chi connectivity index (χ0n) is 8.24. The van der Waals surface area contributed by atoms with Crippen LogP contribution in [0.15, 0.2) is 12.3 Å². The summed E-state index contributed by atoms with van der Waals surface area (Å²) in [7, 11) is 0. The molecule has 1 aliphatic rings. The fraction of sp³-hybridized carbons (Fsp3) is 0.667. The predicted octanol–water partition coefficient (Wildman–Crippen LogP) is 1.27. The largest absolute Gasteiger partial charge is 0.391 e. The van der Waals surface area contributed by atoms with E-state index in [0.29, 0.717) is 0 Å². The quantitative estimate of drug-likeness (QED) is 0.590. The summed E-state index contributed by atoms with van der Waals surface area (Å²) in [5, 5.41) is 24.0. The molecule has 6 heteroatoms. The summed E-state index contributed by atoms with van der Waals surface area (Å²) in [6.45, 7) is 0. The lowest BCUT2D eigenvalue weighted by atomic mass is 9.93. The molecule has 0 radical (unpaired) electrons. The average molecular weight is 211 g/mol. The highest BCUT2D eigenvalue weighted by atomic mass is 16.6. The molecule has 0 spiro atoms. The van der Waals surface area contributed by atoms with Crippen molar-refractivity contribution in [1.82, 2.24) is 9.78 Å². The maximum Gasteiger partial charge on any atom is 0.389 e. The van der Waals surface area contributed by atoms with Gasteiger partial charge in [-0.05, 0) is 17.8 Å². The van der Waals surface area contributed by atoms with Gasteiger partial charge in [0.1, 0.15) is 0 Å². The third-order valence-electron chi connectivity index (χ3n) is 2.82. The Balaban J connectivity index is 2.17. The first-order valence-electron chi connectivity index (χ1n) is 5.06. The van der Waals surface area contributed by atoms with Gasteiger partial charge in [-0.25, -0.2) is 0 Å². The van der Waals surface area contributed by atoms with Gasteiger partial charge in [0, 0.05) is 0 Å². The van der Waals surface area contributed by atoms with Crippen LogP contribution in [0.5, 0.6) is 0 Å². The SMILES string of the molecule is O=[N+]([O-])c1ccn(C2CCCCC2O)n1. The lowest BCUT2D eigenvalue weighted by molar-refractivity contribution is -0.389. The molecule has 0 amide bonds. The highest BCUT2D eigenvalue weighted by Gasteiger charge is 2.28. The van der Waals surface area contributed by atoms with E-state index in [4.69, 9.17) is 0 Å². The lowest BCUT2D eigenvalue weighted by Gasteiger charge is -2.25. The normalized spacial score (nSPS) is 26.5. The maximum absolute atomic E-state index is 10.4. The van der Waals surface area contributed by atoms with Crippen molar-refractivity contribution in [3.05, 3.63) is 22.4 Å². The number of aliphatic hydroxyl groups excluding tert-OH is 1. The number of nitro groups is 1. The first-order chi connectivity index (χ1) is 7.18. The van der Waals surface area contributed by atoms with Crippen LogP contribution in [0.4, 0.5) is 5.82 Å². The summed E-state index contributed by atoms with van der Waals surface area (Å²) in [6, 6.07) is 1.26. The van der Waals surface area contributed by atoms with Gasteiger partial charge in [-0.3, -0.25) is 0 Å². The number of aromatic nitrogens is 2. The molecular weight excluding hydrogens is 198 g/mol. The molecule has 1 aliphatic carbocycles. The third-order valence-corrected chi connectivity index (χ3v) is 2.82. The molecule has 2 unspecified atom stereocenters. The van der Waals surface area contributed by atoms with Crippen molar-refractivity contribution >= 4 is 5.82 Å². The highest BCUT2D eigenvalue weighted by Crippen LogP contribution is 2.28. The van der Waals surface area contributed by atoms with Gasteiger partial charge in [0.05, 0.1) is 29.5 Å². The number of aliphatic hydroxyl groups is 1. The first kappa shape index (κ1) is 10.1. The van der Waals surface area contributed by atoms with Crippen molar-refractivity contribution in [2.45, 2.75) is 37.8 Å². The van der Waals surface area contributed by atoms with E-state index < -0.39 is 11.0 Å². The Bertz CT molecular complexity index is 363. The van der Waals surface area contributed by atoms with Gasteiger partial charge in [0.15, 0.2) is 0 Å². The number of nitrogens with zero attached hydrogens (tertiary/aromatic N) is 3. The van der Waals surface area contributed by atoms with Crippen molar-refractivity contribution < 1.29 is 10.0 Å². The number of hydrogen-bond acceptors (Lipinski definition) is 4. The van der Waals surface area contributed by atoms with E-state index in [2.05, 4.69) is 5.10 Å². The Hall–Kier alpha value is -1.43. The zero-order valence-corrected chi connectivity index (χ0v) is 8.24. The monoisotopic (exact) mass is 211 g/mol. The topological polar surface area (TPSA) is 81.2 Å². The Kier molecular flexibility index (Phi) is 2.68. The molecule has 15 heavy (non-hydrogen) atoms. The summed E-state index contributed by atoms with van der Waals surface area (Å²) >= 11 is 0. The molecule has 2 rings (SSSR count). The number of rotatable bonds is 2. The van der Waals surface area contributed by atoms with Gasteiger partial charge < -0.3 is 15.2 Å². The van der Waals surface area contributed by atoms with Crippen LogP contribution in [-0.2, 0) is 0 Å². The standard InChI is InChI=1S/C9H13N3O3/c13-8-4-2-1-3-7(8)11-6-5-9(10-11)12(14)15/h5-8,13H,1-4H2. The van der Waals surface area contributed by atoms with Crippen molar-refractivity contribution in [2.24, 2.45) is 0 Å². The molecule has 6 nitrogen and oxygen atoms in total. The second-order valence-corrected chi connectivity index (χ2v) is 3.83. The van der Waals surface area contributed by atoms with E-state index >= 15 is 0 Å². The van der Waals surface area contributed by atoms with E-state index in [1.165, 1.54) is 10.7 Å². The molecule has 1 N–H and O–H groups in total. The van der Waals surface area contributed by atoms with Crippen LogP contribution < -0.4 is 0 Å². The van der Waals surface area contributed by atoms with E-state index in [-0.39, 0.29) is 11.9 Å². The van der Waals surface area contributed by atoms with E-state index in [1.54, 1.807) is 6.20 Å². The Morgan fingerprint density at radius 3 is 2.87 bits per heavy atom. The molecule has 1 aromatic rings. The molecule has 2 atom stereocenters. The smallest absolute Gasteiger partial charge is 0.389 e. The van der Waals surface area contributed by atoms with Crippen LogP contribution in [0.2, 0.25) is 0 Å². The fourth-order valence-electron chi connectivity index (χ4n) is 2.01. The summed E-state index contributed by atoms with van der Waals surface area (Å²) < 4.78 is 1.52. The van der Waals surface area contributed by atoms with Crippen LogP contribution >= 0.6 is 0 Å². The summed E-state index contributed by atoms with van der Waals surface area (Å²) in [6.07, 6.45) is 4.77. The highest BCUT2D eigenvalue weighted by molar-refractivity contribution is 5.14. The van der Waals surface area contributed by atoms with Gasteiger partial charge in [0.2, 0.25) is 0 Å². The molecule has 1 saturated carbocycles. The molecule has 82 valence electrons. The lowest BCUT2D eigenvalue weighted by Crippen LogP contribution is -2.27. The van der Waals surface area contributed by atoms with Crippen molar-refractivity contribution in [3.8, 4) is 0 Å². The van der Waals surface area contributed by atoms with Crippen LogP contribution in [-0.4, -0.2) is 25.9 Å². The van der Waals surface area contributed by atoms with E-state index in [0.717, 1.165) is 25.7 Å². The third kappa shape index (κ3) is 1.99. The minimum atomic E-state index is -0.522. The minimum absolute atomic E-state index is 0.104. The van der Waals surface area contributed by atoms with Gasteiger partial charge >= 0.3 is 5.82 Å². The van der Waals surface area contributed by atoms with Gasteiger partial charge in [-0.1, -0.05) is 12.8 Å². The molecule has 0 aromatic carbocycles. The molecule has 0 aliphatic heterocycles. The van der Waals surface area contributed by atoms with Crippen LogP contribution in [0.1, 0.15) is 31.7 Å². The molecule has 1 aromatic heterocycles. The van der Waals surface area contributed by atoms with Crippen LogP contribution in [0, 0.1) is 10.1 Å².